The lowest BCUT2D eigenvalue weighted by atomic mass is 9.87. The molecule has 0 aromatic carbocycles. The van der Waals surface area contributed by atoms with E-state index in [1.54, 1.807) is 13.8 Å². The van der Waals surface area contributed by atoms with Crippen LogP contribution in [-0.4, -0.2) is 23.9 Å². The standard InChI is InChI=1S/2C9H17NO/c2*1-7-3-5-9(6-4-7)10-8(2)11/h2*7,9H,3-6H2,1-2H3,(H,10,11). The highest BCUT2D eigenvalue weighted by Gasteiger charge is 2.18. The molecule has 2 fully saturated rings. The molecular formula is C18H34N2O2. The van der Waals surface area contributed by atoms with Gasteiger partial charge in [-0.1, -0.05) is 13.8 Å². The molecule has 4 heteroatoms. The number of carbonyl (C=O) groups excluding carboxylic acids is 2. The first-order chi connectivity index (χ1) is 10.4. The molecule has 0 bridgehead atoms. The second-order valence-electron chi connectivity index (χ2n) is 7.31. The van der Waals surface area contributed by atoms with Crippen LogP contribution < -0.4 is 10.6 Å². The Morgan fingerprint density at radius 3 is 1.14 bits per heavy atom. The molecule has 22 heavy (non-hydrogen) atoms. The molecule has 0 unspecified atom stereocenters. The second-order valence-corrected chi connectivity index (χ2v) is 7.31. The molecular weight excluding hydrogens is 276 g/mol. The minimum absolute atomic E-state index is 0.115. The van der Waals surface area contributed by atoms with Crippen molar-refractivity contribution in [1.29, 1.82) is 0 Å². The molecule has 2 rings (SSSR count). The predicted octanol–water partition coefficient (Wildman–Crippen LogP) is 3.40. The van der Waals surface area contributed by atoms with E-state index < -0.39 is 0 Å². The van der Waals surface area contributed by atoms with Gasteiger partial charge in [0.15, 0.2) is 0 Å². The Hall–Kier alpha value is -1.06. The maximum absolute atomic E-state index is 10.7. The number of hydrogen-bond acceptors (Lipinski definition) is 2. The first-order valence-electron chi connectivity index (χ1n) is 8.91. The fourth-order valence-corrected chi connectivity index (χ4v) is 3.38. The van der Waals surface area contributed by atoms with Gasteiger partial charge in [0.25, 0.3) is 0 Å². The molecule has 0 aromatic rings. The molecule has 0 aromatic heterocycles. The highest BCUT2D eigenvalue weighted by Crippen LogP contribution is 2.23. The van der Waals surface area contributed by atoms with E-state index >= 15 is 0 Å². The molecule has 0 spiro atoms. The van der Waals surface area contributed by atoms with Crippen molar-refractivity contribution in [2.45, 2.75) is 91.1 Å². The minimum atomic E-state index is 0.115. The van der Waals surface area contributed by atoms with Crippen LogP contribution in [0.4, 0.5) is 0 Å². The lowest BCUT2D eigenvalue weighted by Gasteiger charge is -2.26. The molecule has 0 atom stereocenters. The summed E-state index contributed by atoms with van der Waals surface area (Å²) in [7, 11) is 0. The van der Waals surface area contributed by atoms with E-state index in [1.807, 2.05) is 0 Å². The largest absolute Gasteiger partial charge is 0.354 e. The van der Waals surface area contributed by atoms with E-state index in [4.69, 9.17) is 0 Å². The van der Waals surface area contributed by atoms with E-state index in [9.17, 15) is 9.59 Å². The van der Waals surface area contributed by atoms with Crippen LogP contribution in [0, 0.1) is 11.8 Å². The third kappa shape index (κ3) is 8.40. The number of nitrogens with one attached hydrogen (secondary N) is 2. The van der Waals surface area contributed by atoms with Crippen LogP contribution in [0.1, 0.15) is 79.1 Å². The van der Waals surface area contributed by atoms with Gasteiger partial charge < -0.3 is 10.6 Å². The average Bonchev–Trinajstić information content (AvgIpc) is 2.44. The van der Waals surface area contributed by atoms with Crippen molar-refractivity contribution >= 4 is 11.8 Å². The topological polar surface area (TPSA) is 58.2 Å². The average molecular weight is 310 g/mol. The molecule has 4 nitrogen and oxygen atoms in total. The smallest absolute Gasteiger partial charge is 0.217 e. The van der Waals surface area contributed by atoms with Crippen LogP contribution in [0.3, 0.4) is 0 Å². The van der Waals surface area contributed by atoms with Crippen LogP contribution >= 0.6 is 0 Å². The summed E-state index contributed by atoms with van der Waals surface area (Å²) < 4.78 is 0. The third-order valence-corrected chi connectivity index (χ3v) is 4.85. The summed E-state index contributed by atoms with van der Waals surface area (Å²) in [5.41, 5.74) is 0. The highest BCUT2D eigenvalue weighted by atomic mass is 16.2. The summed E-state index contributed by atoms with van der Waals surface area (Å²) in [6.07, 6.45) is 9.74. The van der Waals surface area contributed by atoms with Crippen molar-refractivity contribution in [3.63, 3.8) is 0 Å². The van der Waals surface area contributed by atoms with Gasteiger partial charge in [0, 0.05) is 25.9 Å². The first-order valence-corrected chi connectivity index (χ1v) is 8.91. The van der Waals surface area contributed by atoms with E-state index in [2.05, 4.69) is 24.5 Å². The first kappa shape index (κ1) is 19.0. The maximum Gasteiger partial charge on any atom is 0.217 e. The van der Waals surface area contributed by atoms with Gasteiger partial charge in [0.05, 0.1) is 0 Å². The zero-order valence-electron chi connectivity index (χ0n) is 14.8. The summed E-state index contributed by atoms with van der Waals surface area (Å²) >= 11 is 0. The lowest BCUT2D eigenvalue weighted by Crippen LogP contribution is -2.35. The Morgan fingerprint density at radius 2 is 0.909 bits per heavy atom. The zero-order chi connectivity index (χ0) is 16.5. The highest BCUT2D eigenvalue weighted by molar-refractivity contribution is 5.73. The molecule has 2 N–H and O–H groups in total. The molecule has 2 saturated carbocycles. The summed E-state index contributed by atoms with van der Waals surface area (Å²) in [5, 5.41) is 5.93. The van der Waals surface area contributed by atoms with Crippen LogP contribution in [0.15, 0.2) is 0 Å². The summed E-state index contributed by atoms with van der Waals surface area (Å²) in [4.78, 5) is 21.4. The normalized spacial score (nSPS) is 31.5. The molecule has 2 aliphatic carbocycles. The van der Waals surface area contributed by atoms with Crippen LogP contribution in [0.25, 0.3) is 0 Å². The fourth-order valence-electron chi connectivity index (χ4n) is 3.38. The molecule has 2 amide bonds. The van der Waals surface area contributed by atoms with Crippen molar-refractivity contribution in [2.24, 2.45) is 11.8 Å². The number of amides is 2. The molecule has 128 valence electrons. The van der Waals surface area contributed by atoms with Gasteiger partial charge >= 0.3 is 0 Å². The van der Waals surface area contributed by atoms with Gasteiger partial charge in [-0.3, -0.25) is 9.59 Å². The van der Waals surface area contributed by atoms with Crippen molar-refractivity contribution in [1.82, 2.24) is 10.6 Å². The number of carbonyl (C=O) groups is 2. The molecule has 0 aliphatic heterocycles. The van der Waals surface area contributed by atoms with Crippen LogP contribution in [0.5, 0.6) is 0 Å². The van der Waals surface area contributed by atoms with Gasteiger partial charge in [-0.2, -0.15) is 0 Å². The Balaban J connectivity index is 0.000000220. The Morgan fingerprint density at radius 1 is 0.636 bits per heavy atom. The second kappa shape index (κ2) is 9.86. The Kier molecular flexibility index (Phi) is 8.51. The van der Waals surface area contributed by atoms with Crippen LogP contribution in [-0.2, 0) is 9.59 Å². The fraction of sp³-hybridized carbons (Fsp3) is 0.889. The van der Waals surface area contributed by atoms with Crippen molar-refractivity contribution in [3.8, 4) is 0 Å². The van der Waals surface area contributed by atoms with Gasteiger partial charge in [0.2, 0.25) is 11.8 Å². The summed E-state index contributed by atoms with van der Waals surface area (Å²) in [6, 6.07) is 0.924. The van der Waals surface area contributed by atoms with E-state index in [1.165, 1.54) is 51.4 Å². The lowest BCUT2D eigenvalue weighted by molar-refractivity contribution is -0.120. The van der Waals surface area contributed by atoms with Gasteiger partial charge in [-0.15, -0.1) is 0 Å². The van der Waals surface area contributed by atoms with E-state index in [0.717, 1.165) is 11.8 Å². The molecule has 0 saturated heterocycles. The minimum Gasteiger partial charge on any atom is -0.354 e. The SMILES string of the molecule is CC(=O)NC1CCC(C)CC1.CC(=O)NC1CCC(C)CC1. The van der Waals surface area contributed by atoms with Crippen LogP contribution in [0.2, 0.25) is 0 Å². The number of rotatable bonds is 2. The maximum atomic E-state index is 10.7. The van der Waals surface area contributed by atoms with Crippen molar-refractivity contribution in [3.05, 3.63) is 0 Å². The van der Waals surface area contributed by atoms with Gasteiger partial charge in [-0.25, -0.2) is 0 Å². The van der Waals surface area contributed by atoms with Gasteiger partial charge in [0.1, 0.15) is 0 Å². The van der Waals surface area contributed by atoms with E-state index in [0.29, 0.717) is 12.1 Å². The quantitative estimate of drug-likeness (QED) is 0.821. The summed E-state index contributed by atoms with van der Waals surface area (Å²) in [5.74, 6) is 1.95. The molecule has 0 radical (unpaired) electrons. The Labute approximate surface area is 135 Å². The summed E-state index contributed by atoms with van der Waals surface area (Å²) in [6.45, 7) is 7.75. The predicted molar refractivity (Wildman–Crippen MR) is 90.5 cm³/mol. The zero-order valence-corrected chi connectivity index (χ0v) is 14.8. The number of hydrogen-bond donors (Lipinski definition) is 2. The van der Waals surface area contributed by atoms with Gasteiger partial charge in [-0.05, 0) is 63.2 Å². The molecule has 2 aliphatic rings. The Bertz CT molecular complexity index is 307. The van der Waals surface area contributed by atoms with Crippen molar-refractivity contribution in [2.75, 3.05) is 0 Å². The monoisotopic (exact) mass is 310 g/mol. The van der Waals surface area contributed by atoms with Crippen molar-refractivity contribution < 1.29 is 9.59 Å². The molecule has 0 heterocycles. The van der Waals surface area contributed by atoms with E-state index in [-0.39, 0.29) is 11.8 Å². The third-order valence-electron chi connectivity index (χ3n) is 4.85.